The van der Waals surface area contributed by atoms with Crippen LogP contribution in [0.4, 0.5) is 5.69 Å². The van der Waals surface area contributed by atoms with Crippen LogP contribution in [-0.4, -0.2) is 25.7 Å². The van der Waals surface area contributed by atoms with Crippen LogP contribution in [0.25, 0.3) is 0 Å². The summed E-state index contributed by atoms with van der Waals surface area (Å²) >= 11 is 5.17. The van der Waals surface area contributed by atoms with Gasteiger partial charge in [0.05, 0.1) is 23.5 Å². The SMILES string of the molecule is CCNC(=NCc1ccc(Br)s1)Nc1ccc2c(c1)OCCCO2.I. The molecule has 0 saturated carbocycles. The fourth-order valence-electron chi connectivity index (χ4n) is 2.28. The van der Waals surface area contributed by atoms with E-state index in [1.807, 2.05) is 31.2 Å². The topological polar surface area (TPSA) is 54.9 Å². The highest BCUT2D eigenvalue weighted by Gasteiger charge is 2.11. The number of nitrogens with zero attached hydrogens (tertiary/aromatic N) is 1. The van der Waals surface area contributed by atoms with Gasteiger partial charge in [0.25, 0.3) is 0 Å². The molecule has 0 unspecified atom stereocenters. The van der Waals surface area contributed by atoms with Gasteiger partial charge in [0.2, 0.25) is 0 Å². The lowest BCUT2D eigenvalue weighted by molar-refractivity contribution is 0.297. The summed E-state index contributed by atoms with van der Waals surface area (Å²) in [5.41, 5.74) is 0.923. The van der Waals surface area contributed by atoms with E-state index in [-0.39, 0.29) is 24.0 Å². The van der Waals surface area contributed by atoms with Gasteiger partial charge in [0.15, 0.2) is 17.5 Å². The molecular weight excluding hydrogens is 517 g/mol. The standard InChI is InChI=1S/C17H20BrN3O2S.HI/c1-2-19-17(20-11-13-5-7-16(18)24-13)21-12-4-6-14-15(10-12)23-9-3-8-22-14;/h4-7,10H,2-3,8-9,11H2,1H3,(H2,19,20,21);1H. The van der Waals surface area contributed by atoms with Crippen molar-refractivity contribution in [1.82, 2.24) is 5.32 Å². The molecule has 0 spiro atoms. The second kappa shape index (κ2) is 10.2. The minimum atomic E-state index is 0. The molecule has 2 aromatic rings. The van der Waals surface area contributed by atoms with Gasteiger partial charge in [-0.1, -0.05) is 0 Å². The highest BCUT2D eigenvalue weighted by atomic mass is 127. The minimum Gasteiger partial charge on any atom is -0.490 e. The van der Waals surface area contributed by atoms with Crippen molar-refractivity contribution in [3.8, 4) is 11.5 Å². The van der Waals surface area contributed by atoms with Crippen molar-refractivity contribution in [3.05, 3.63) is 39.0 Å². The van der Waals surface area contributed by atoms with E-state index in [1.54, 1.807) is 11.3 Å². The lowest BCUT2D eigenvalue weighted by Gasteiger charge is -2.13. The first-order valence-electron chi connectivity index (χ1n) is 7.94. The highest BCUT2D eigenvalue weighted by Crippen LogP contribution is 2.32. The van der Waals surface area contributed by atoms with Gasteiger partial charge in [0, 0.05) is 29.6 Å². The average molecular weight is 538 g/mol. The summed E-state index contributed by atoms with van der Waals surface area (Å²) in [5.74, 6) is 2.32. The lowest BCUT2D eigenvalue weighted by atomic mass is 10.3. The molecule has 3 rings (SSSR count). The van der Waals surface area contributed by atoms with Crippen molar-refractivity contribution in [2.45, 2.75) is 19.9 Å². The number of ether oxygens (including phenoxy) is 2. The van der Waals surface area contributed by atoms with E-state index in [2.05, 4.69) is 37.6 Å². The van der Waals surface area contributed by atoms with E-state index in [1.165, 1.54) is 4.88 Å². The summed E-state index contributed by atoms with van der Waals surface area (Å²) in [6.07, 6.45) is 0.901. The van der Waals surface area contributed by atoms with Gasteiger partial charge in [-0.05, 0) is 47.1 Å². The molecule has 8 heteroatoms. The number of thiophene rings is 1. The van der Waals surface area contributed by atoms with E-state index >= 15 is 0 Å². The van der Waals surface area contributed by atoms with Crippen LogP contribution in [0.1, 0.15) is 18.2 Å². The van der Waals surface area contributed by atoms with Gasteiger partial charge in [0.1, 0.15) is 0 Å². The van der Waals surface area contributed by atoms with Gasteiger partial charge in [-0.3, -0.25) is 0 Å². The van der Waals surface area contributed by atoms with Gasteiger partial charge in [-0.2, -0.15) is 0 Å². The number of hydrogen-bond acceptors (Lipinski definition) is 4. The highest BCUT2D eigenvalue weighted by molar-refractivity contribution is 14.0. The summed E-state index contributed by atoms with van der Waals surface area (Å²) in [5, 5.41) is 6.58. The number of aliphatic imine (C=N–C) groups is 1. The third kappa shape index (κ3) is 6.03. The molecule has 1 aliphatic rings. The van der Waals surface area contributed by atoms with Crippen LogP contribution in [0.15, 0.2) is 39.1 Å². The largest absolute Gasteiger partial charge is 0.490 e. The molecule has 1 aromatic heterocycles. The van der Waals surface area contributed by atoms with Crippen molar-refractivity contribution in [1.29, 1.82) is 0 Å². The Labute approximate surface area is 177 Å². The molecule has 0 atom stereocenters. The average Bonchev–Trinajstić information content (AvgIpc) is 2.85. The van der Waals surface area contributed by atoms with Crippen LogP contribution >= 0.6 is 51.2 Å². The van der Waals surface area contributed by atoms with E-state index < -0.39 is 0 Å². The smallest absolute Gasteiger partial charge is 0.196 e. The fourth-order valence-corrected chi connectivity index (χ4v) is 3.69. The van der Waals surface area contributed by atoms with Crippen LogP contribution in [0.5, 0.6) is 11.5 Å². The van der Waals surface area contributed by atoms with Gasteiger partial charge >= 0.3 is 0 Å². The number of guanidine groups is 1. The van der Waals surface area contributed by atoms with Gasteiger partial charge < -0.3 is 20.1 Å². The normalized spacial score (nSPS) is 13.6. The van der Waals surface area contributed by atoms with Crippen LogP contribution in [0, 0.1) is 0 Å². The molecular formula is C17H21BrIN3O2S. The van der Waals surface area contributed by atoms with Crippen LogP contribution < -0.4 is 20.1 Å². The predicted octanol–water partition coefficient (Wildman–Crippen LogP) is 4.87. The van der Waals surface area contributed by atoms with Crippen molar-refractivity contribution in [2.24, 2.45) is 4.99 Å². The number of anilines is 1. The van der Waals surface area contributed by atoms with Crippen molar-refractivity contribution >= 4 is 62.9 Å². The predicted molar refractivity (Wildman–Crippen MR) is 118 cm³/mol. The maximum Gasteiger partial charge on any atom is 0.196 e. The molecule has 0 radical (unpaired) electrons. The Balaban J connectivity index is 0.00000225. The van der Waals surface area contributed by atoms with Gasteiger partial charge in [-0.25, -0.2) is 4.99 Å². The molecule has 0 bridgehead atoms. The Morgan fingerprint density at radius 1 is 1.20 bits per heavy atom. The Bertz CT molecular complexity index is 724. The zero-order valence-electron chi connectivity index (χ0n) is 13.9. The fraction of sp³-hybridized carbons (Fsp3) is 0.353. The van der Waals surface area contributed by atoms with E-state index in [0.29, 0.717) is 19.8 Å². The maximum atomic E-state index is 5.73. The first-order chi connectivity index (χ1) is 11.7. The number of nitrogens with one attached hydrogen (secondary N) is 2. The molecule has 5 nitrogen and oxygen atoms in total. The third-order valence-corrected chi connectivity index (χ3v) is 4.98. The van der Waals surface area contributed by atoms with E-state index in [0.717, 1.165) is 39.9 Å². The monoisotopic (exact) mass is 537 g/mol. The summed E-state index contributed by atoms with van der Waals surface area (Å²) in [7, 11) is 0. The molecule has 25 heavy (non-hydrogen) atoms. The van der Waals surface area contributed by atoms with Gasteiger partial charge in [-0.15, -0.1) is 35.3 Å². The zero-order chi connectivity index (χ0) is 16.8. The Kier molecular flexibility index (Phi) is 8.31. The molecule has 2 N–H and O–H groups in total. The van der Waals surface area contributed by atoms with Crippen LogP contribution in [0.3, 0.4) is 0 Å². The summed E-state index contributed by atoms with van der Waals surface area (Å²) in [6.45, 7) is 4.85. The number of hydrogen-bond donors (Lipinski definition) is 2. The lowest BCUT2D eigenvalue weighted by Crippen LogP contribution is -2.30. The Hall–Kier alpha value is -1.00. The molecule has 2 heterocycles. The first kappa shape index (κ1) is 20.3. The first-order valence-corrected chi connectivity index (χ1v) is 9.55. The molecule has 136 valence electrons. The van der Waals surface area contributed by atoms with Crippen molar-refractivity contribution in [2.75, 3.05) is 25.1 Å². The summed E-state index contributed by atoms with van der Waals surface area (Å²) in [4.78, 5) is 5.84. The van der Waals surface area contributed by atoms with Crippen molar-refractivity contribution in [3.63, 3.8) is 0 Å². The second-order valence-electron chi connectivity index (χ2n) is 5.24. The van der Waals surface area contributed by atoms with E-state index in [4.69, 9.17) is 9.47 Å². The molecule has 1 aliphatic heterocycles. The third-order valence-electron chi connectivity index (χ3n) is 3.38. The number of halogens is 2. The van der Waals surface area contributed by atoms with Crippen LogP contribution in [-0.2, 0) is 6.54 Å². The minimum absolute atomic E-state index is 0. The molecule has 0 saturated heterocycles. The second-order valence-corrected chi connectivity index (χ2v) is 7.79. The summed E-state index contributed by atoms with van der Waals surface area (Å²) in [6, 6.07) is 9.98. The maximum absolute atomic E-state index is 5.73. The number of rotatable bonds is 4. The summed E-state index contributed by atoms with van der Waals surface area (Å²) < 4.78 is 12.5. The number of benzene rings is 1. The molecule has 0 fully saturated rings. The number of fused-ring (bicyclic) bond motifs is 1. The van der Waals surface area contributed by atoms with Crippen LogP contribution in [0.2, 0.25) is 0 Å². The quantitative estimate of drug-likeness (QED) is 0.332. The zero-order valence-corrected chi connectivity index (χ0v) is 18.6. The molecule has 0 amide bonds. The van der Waals surface area contributed by atoms with E-state index in [9.17, 15) is 0 Å². The molecule has 1 aromatic carbocycles. The molecule has 0 aliphatic carbocycles. The Morgan fingerprint density at radius 2 is 2.00 bits per heavy atom. The Morgan fingerprint density at radius 3 is 2.72 bits per heavy atom. The van der Waals surface area contributed by atoms with Crippen molar-refractivity contribution < 1.29 is 9.47 Å².